The number of rotatable bonds is 6. The molecule has 0 unspecified atom stereocenters. The lowest BCUT2D eigenvalue weighted by Gasteiger charge is -2.32. The average molecular weight is 278 g/mol. The van der Waals surface area contributed by atoms with Crippen LogP contribution in [0.4, 0.5) is 0 Å². The largest absolute Gasteiger partial charge is 0.465 e. The lowest BCUT2D eigenvalue weighted by Crippen LogP contribution is -2.37. The van der Waals surface area contributed by atoms with Crippen molar-refractivity contribution in [3.63, 3.8) is 0 Å². The molecule has 110 valence electrons. The van der Waals surface area contributed by atoms with Gasteiger partial charge < -0.3 is 14.2 Å². The molecule has 0 aromatic rings. The fourth-order valence-corrected chi connectivity index (χ4v) is 2.42. The van der Waals surface area contributed by atoms with Crippen LogP contribution in [0.3, 0.4) is 0 Å². The normalized spacial score (nSPS) is 18.3. The highest BCUT2D eigenvalue weighted by molar-refractivity contribution is 5.89. The minimum absolute atomic E-state index is 0.181. The smallest absolute Gasteiger partial charge is 0.341 e. The van der Waals surface area contributed by atoms with Crippen molar-refractivity contribution in [2.45, 2.75) is 51.2 Å². The van der Waals surface area contributed by atoms with Crippen molar-refractivity contribution in [3.05, 3.63) is 35.8 Å². The van der Waals surface area contributed by atoms with E-state index in [9.17, 15) is 4.79 Å². The van der Waals surface area contributed by atoms with Crippen molar-refractivity contribution in [1.29, 1.82) is 0 Å². The first-order valence-electron chi connectivity index (χ1n) is 7.09. The molecule has 0 atom stereocenters. The molecule has 2 rings (SSSR count). The first-order valence-corrected chi connectivity index (χ1v) is 7.09. The third-order valence-corrected chi connectivity index (χ3v) is 3.63. The summed E-state index contributed by atoms with van der Waals surface area (Å²) in [5.74, 6) is 0.0105. The third kappa shape index (κ3) is 3.24. The van der Waals surface area contributed by atoms with E-state index in [-0.39, 0.29) is 5.57 Å². The molecule has 20 heavy (non-hydrogen) atoms. The van der Waals surface area contributed by atoms with Crippen molar-refractivity contribution >= 4 is 5.97 Å². The molecule has 0 saturated heterocycles. The topological polar surface area (TPSA) is 44.8 Å². The van der Waals surface area contributed by atoms with Crippen LogP contribution in [0.25, 0.3) is 0 Å². The van der Waals surface area contributed by atoms with Crippen molar-refractivity contribution in [1.82, 2.24) is 0 Å². The second kappa shape index (κ2) is 6.16. The molecule has 0 bridgehead atoms. The fraction of sp³-hybridized carbons (Fsp3) is 0.562. The number of hydrogen-bond acceptors (Lipinski definition) is 4. The molecular formula is C16H22O4. The van der Waals surface area contributed by atoms with Gasteiger partial charge in [0.25, 0.3) is 5.79 Å². The van der Waals surface area contributed by atoms with Gasteiger partial charge in [0.05, 0.1) is 18.6 Å². The molecular weight excluding hydrogens is 256 g/mol. The minimum Gasteiger partial charge on any atom is -0.465 e. The number of allylic oxidation sites excluding steroid dienone is 4. The van der Waals surface area contributed by atoms with Gasteiger partial charge in [-0.1, -0.05) is 6.58 Å². The maximum absolute atomic E-state index is 11.8. The van der Waals surface area contributed by atoms with Crippen LogP contribution >= 0.6 is 0 Å². The molecule has 0 aromatic carbocycles. The number of hydrogen-bond donors (Lipinski definition) is 0. The van der Waals surface area contributed by atoms with Gasteiger partial charge in [0.2, 0.25) is 0 Å². The Bertz CT molecular complexity index is 433. The van der Waals surface area contributed by atoms with Crippen LogP contribution in [-0.4, -0.2) is 18.9 Å². The van der Waals surface area contributed by atoms with E-state index in [2.05, 4.69) is 6.58 Å². The van der Waals surface area contributed by atoms with Crippen molar-refractivity contribution in [3.8, 4) is 0 Å². The molecule has 0 saturated carbocycles. The average Bonchev–Trinajstić information content (AvgIpc) is 3.10. The van der Waals surface area contributed by atoms with Crippen molar-refractivity contribution < 1.29 is 19.0 Å². The van der Waals surface area contributed by atoms with E-state index in [1.54, 1.807) is 6.92 Å². The Morgan fingerprint density at radius 1 is 1.15 bits per heavy atom. The lowest BCUT2D eigenvalue weighted by atomic mass is 10.1. The van der Waals surface area contributed by atoms with Gasteiger partial charge in [-0.3, -0.25) is 0 Å². The van der Waals surface area contributed by atoms with Crippen LogP contribution in [0.2, 0.25) is 0 Å². The number of ether oxygens (including phenoxy) is 3. The molecule has 0 heterocycles. The molecule has 4 nitrogen and oxygen atoms in total. The fourth-order valence-electron chi connectivity index (χ4n) is 2.42. The predicted octanol–water partition coefficient (Wildman–Crippen LogP) is 3.60. The van der Waals surface area contributed by atoms with Gasteiger partial charge in [-0.05, 0) is 37.8 Å². The van der Waals surface area contributed by atoms with E-state index in [0.29, 0.717) is 0 Å². The minimum atomic E-state index is -1.19. The number of carbonyl (C=O) groups is 1. The summed E-state index contributed by atoms with van der Waals surface area (Å²) in [6, 6.07) is 0. The summed E-state index contributed by atoms with van der Waals surface area (Å²) in [5.41, 5.74) is 0.181. The zero-order chi connectivity index (χ0) is 14.6. The van der Waals surface area contributed by atoms with E-state index >= 15 is 0 Å². The summed E-state index contributed by atoms with van der Waals surface area (Å²) in [4.78, 5) is 11.8. The maximum atomic E-state index is 11.8. The summed E-state index contributed by atoms with van der Waals surface area (Å²) >= 11 is 0. The number of esters is 1. The van der Waals surface area contributed by atoms with E-state index in [0.717, 1.165) is 50.0 Å². The van der Waals surface area contributed by atoms with Crippen LogP contribution in [0, 0.1) is 0 Å². The monoisotopic (exact) mass is 278 g/mol. The maximum Gasteiger partial charge on any atom is 0.341 e. The van der Waals surface area contributed by atoms with Crippen LogP contribution < -0.4 is 0 Å². The van der Waals surface area contributed by atoms with Gasteiger partial charge in [0, 0.05) is 19.8 Å². The van der Waals surface area contributed by atoms with E-state index < -0.39 is 11.8 Å². The molecule has 2 aliphatic carbocycles. The Morgan fingerprint density at radius 2 is 1.65 bits per heavy atom. The Labute approximate surface area is 120 Å². The quantitative estimate of drug-likeness (QED) is 0.423. The zero-order valence-corrected chi connectivity index (χ0v) is 12.2. The first kappa shape index (κ1) is 14.7. The van der Waals surface area contributed by atoms with Gasteiger partial charge in [-0.15, -0.1) is 0 Å². The van der Waals surface area contributed by atoms with Crippen LogP contribution in [0.15, 0.2) is 35.8 Å². The first-order chi connectivity index (χ1) is 9.55. The molecule has 4 heteroatoms. The summed E-state index contributed by atoms with van der Waals surface area (Å²) in [5, 5.41) is 0. The number of methoxy groups -OCH3 is 1. The van der Waals surface area contributed by atoms with Crippen LogP contribution in [-0.2, 0) is 19.0 Å². The Morgan fingerprint density at radius 3 is 2.00 bits per heavy atom. The highest BCUT2D eigenvalue weighted by atomic mass is 16.7. The summed E-state index contributed by atoms with van der Waals surface area (Å²) in [6.07, 6.45) is 9.94. The standard InChI is InChI=1S/C16H22O4/c1-12(15(17)18-3)16(2,19-13-8-4-5-9-13)20-14-10-6-7-11-14/h8,10H,1,4-7,9,11H2,2-3H3. The summed E-state index contributed by atoms with van der Waals surface area (Å²) in [7, 11) is 1.33. The van der Waals surface area contributed by atoms with Gasteiger partial charge >= 0.3 is 5.97 Å². The van der Waals surface area contributed by atoms with Crippen LogP contribution in [0.1, 0.15) is 45.4 Å². The third-order valence-electron chi connectivity index (χ3n) is 3.63. The summed E-state index contributed by atoms with van der Waals surface area (Å²) in [6.45, 7) is 5.53. The van der Waals surface area contributed by atoms with Crippen LogP contribution in [0.5, 0.6) is 0 Å². The zero-order valence-electron chi connectivity index (χ0n) is 12.2. The highest BCUT2D eigenvalue weighted by Gasteiger charge is 2.39. The molecule has 0 radical (unpaired) electrons. The second-order valence-corrected chi connectivity index (χ2v) is 5.25. The molecule has 0 aliphatic heterocycles. The Hall–Kier alpha value is -1.71. The van der Waals surface area contributed by atoms with Gasteiger partial charge in [0.15, 0.2) is 0 Å². The predicted molar refractivity (Wildman–Crippen MR) is 75.6 cm³/mol. The van der Waals surface area contributed by atoms with Gasteiger partial charge in [0.1, 0.15) is 5.57 Å². The molecule has 0 amide bonds. The molecule has 0 spiro atoms. The molecule has 2 aliphatic rings. The SMILES string of the molecule is C=C(C(=O)OC)C(C)(OC1=CCCC1)OC1=CCCC1. The molecule has 0 N–H and O–H groups in total. The second-order valence-electron chi connectivity index (χ2n) is 5.25. The summed E-state index contributed by atoms with van der Waals surface area (Å²) < 4.78 is 16.6. The van der Waals surface area contributed by atoms with E-state index in [1.165, 1.54) is 7.11 Å². The lowest BCUT2D eigenvalue weighted by molar-refractivity contribution is -0.167. The highest BCUT2D eigenvalue weighted by Crippen LogP contribution is 2.34. The van der Waals surface area contributed by atoms with Crippen molar-refractivity contribution in [2.24, 2.45) is 0 Å². The van der Waals surface area contributed by atoms with Gasteiger partial charge in [-0.25, -0.2) is 4.79 Å². The van der Waals surface area contributed by atoms with E-state index in [4.69, 9.17) is 14.2 Å². The molecule has 0 aromatic heterocycles. The Kier molecular flexibility index (Phi) is 4.53. The van der Waals surface area contributed by atoms with Gasteiger partial charge in [-0.2, -0.15) is 0 Å². The Balaban J connectivity index is 2.16. The van der Waals surface area contributed by atoms with Crippen molar-refractivity contribution in [2.75, 3.05) is 7.11 Å². The number of carbonyl (C=O) groups excluding carboxylic acids is 1. The van der Waals surface area contributed by atoms with E-state index in [1.807, 2.05) is 12.2 Å². The molecule has 0 fully saturated rings.